The molecular formula is C40H71F3NO10P. The molecule has 0 saturated carbocycles. The van der Waals surface area contributed by atoms with Crippen molar-refractivity contribution in [2.24, 2.45) is 0 Å². The van der Waals surface area contributed by atoms with Crippen molar-refractivity contribution in [3.8, 4) is 0 Å². The molecule has 0 spiro atoms. The van der Waals surface area contributed by atoms with Crippen LogP contribution in [0.25, 0.3) is 0 Å². The van der Waals surface area contributed by atoms with Crippen molar-refractivity contribution in [2.45, 2.75) is 197 Å². The Balaban J connectivity index is 4.34. The van der Waals surface area contributed by atoms with Crippen LogP contribution in [0.4, 0.5) is 13.2 Å². The van der Waals surface area contributed by atoms with Crippen molar-refractivity contribution < 1.29 is 61.6 Å². The minimum atomic E-state index is -3.55. The summed E-state index contributed by atoms with van der Waals surface area (Å²) in [5.41, 5.74) is 0. The lowest BCUT2D eigenvalue weighted by Gasteiger charge is -2.19. The molecule has 0 aromatic heterocycles. The molecule has 0 radical (unpaired) electrons. The third kappa shape index (κ3) is 32.3. The van der Waals surface area contributed by atoms with Gasteiger partial charge in [0.15, 0.2) is 0 Å². The number of rotatable bonds is 39. The molecule has 322 valence electrons. The molecule has 0 aliphatic rings. The fourth-order valence-corrected chi connectivity index (χ4v) is 6.31. The number of carbonyl (C=O) groups excluding carboxylic acids is 3. The molecule has 15 heteroatoms. The standard InChI is InChI=1S/C40H71F3NO10P/c1-44-30-22-27-36(49)54-33(23-14-8-10-18-28-39(41,42)37(50)52-31-20-12-4-2-6-16-25-34(45)46)24-15-9-11-19-29-40(43,55)38(51)53-32-21-13-5-3-7-17-26-35(47)48/h33,44H,2-32,55H2,1H3,(H,45,46)(H,47,48). The van der Waals surface area contributed by atoms with Crippen LogP contribution in [-0.2, 0) is 38.2 Å². The highest BCUT2D eigenvalue weighted by molar-refractivity contribution is 7.20. The van der Waals surface area contributed by atoms with Gasteiger partial charge in [0.1, 0.15) is 6.10 Å². The average molecular weight is 814 g/mol. The molecule has 0 bridgehead atoms. The summed E-state index contributed by atoms with van der Waals surface area (Å²) in [7, 11) is 3.78. The second-order valence-electron chi connectivity index (χ2n) is 14.6. The van der Waals surface area contributed by atoms with Gasteiger partial charge in [0.05, 0.1) is 13.2 Å². The van der Waals surface area contributed by atoms with Crippen LogP contribution in [-0.4, -0.2) is 84.3 Å². The summed E-state index contributed by atoms with van der Waals surface area (Å²) in [6.45, 7) is 0.767. The zero-order valence-electron chi connectivity index (χ0n) is 33.4. The zero-order chi connectivity index (χ0) is 41.2. The maximum atomic E-state index is 14.9. The second kappa shape index (κ2) is 33.6. The highest BCUT2D eigenvalue weighted by atomic mass is 31.0. The van der Waals surface area contributed by atoms with Gasteiger partial charge in [-0.3, -0.25) is 14.4 Å². The average Bonchev–Trinajstić information content (AvgIpc) is 3.12. The van der Waals surface area contributed by atoms with E-state index in [4.69, 9.17) is 24.4 Å². The van der Waals surface area contributed by atoms with Gasteiger partial charge >= 0.3 is 35.8 Å². The van der Waals surface area contributed by atoms with Crippen molar-refractivity contribution in [2.75, 3.05) is 26.8 Å². The van der Waals surface area contributed by atoms with Crippen LogP contribution in [0.1, 0.15) is 180 Å². The van der Waals surface area contributed by atoms with Crippen molar-refractivity contribution in [1.82, 2.24) is 5.32 Å². The van der Waals surface area contributed by atoms with E-state index in [1.807, 2.05) is 9.24 Å². The molecule has 3 atom stereocenters. The number of ether oxygens (including phenoxy) is 3. The number of alkyl halides is 3. The Labute approximate surface area is 329 Å². The Bertz CT molecular complexity index is 983. The maximum Gasteiger partial charge on any atom is 0.376 e. The first-order chi connectivity index (χ1) is 26.2. The summed E-state index contributed by atoms with van der Waals surface area (Å²) in [4.78, 5) is 57.6. The molecule has 0 rings (SSSR count). The first kappa shape index (κ1) is 52.5. The van der Waals surface area contributed by atoms with Crippen molar-refractivity contribution in [1.29, 1.82) is 0 Å². The maximum absolute atomic E-state index is 14.9. The van der Waals surface area contributed by atoms with E-state index in [1.165, 1.54) is 0 Å². The Hall–Kier alpha value is -2.47. The lowest BCUT2D eigenvalue weighted by Crippen LogP contribution is -2.31. The molecule has 0 amide bonds. The van der Waals surface area contributed by atoms with E-state index in [1.54, 1.807) is 7.05 Å². The summed E-state index contributed by atoms with van der Waals surface area (Å²) in [5, 5.41) is 18.1. The Kier molecular flexibility index (Phi) is 32.1. The minimum Gasteiger partial charge on any atom is -0.481 e. The van der Waals surface area contributed by atoms with Gasteiger partial charge in [-0.05, 0) is 90.6 Å². The van der Waals surface area contributed by atoms with Gasteiger partial charge in [-0.2, -0.15) is 8.78 Å². The molecule has 11 nitrogen and oxygen atoms in total. The molecule has 0 aliphatic carbocycles. The van der Waals surface area contributed by atoms with Gasteiger partial charge in [0.25, 0.3) is 0 Å². The number of hydrogen-bond acceptors (Lipinski definition) is 9. The third-order valence-electron chi connectivity index (χ3n) is 9.36. The van der Waals surface area contributed by atoms with Crippen LogP contribution in [0.3, 0.4) is 0 Å². The van der Waals surface area contributed by atoms with Gasteiger partial charge < -0.3 is 29.7 Å². The molecule has 0 fully saturated rings. The van der Waals surface area contributed by atoms with E-state index in [0.29, 0.717) is 83.6 Å². The van der Waals surface area contributed by atoms with E-state index in [2.05, 4.69) is 5.32 Å². The normalized spacial score (nSPS) is 13.2. The summed E-state index contributed by atoms with van der Waals surface area (Å²) in [6.07, 6.45) is 15.2. The number of carboxylic acids is 2. The van der Waals surface area contributed by atoms with Crippen molar-refractivity contribution in [3.05, 3.63) is 0 Å². The molecule has 0 saturated heterocycles. The summed E-state index contributed by atoms with van der Waals surface area (Å²) >= 11 is 0. The van der Waals surface area contributed by atoms with E-state index in [9.17, 15) is 37.1 Å². The molecule has 0 aromatic rings. The Morgan fingerprint density at radius 1 is 0.564 bits per heavy atom. The van der Waals surface area contributed by atoms with Gasteiger partial charge in [0.2, 0.25) is 5.41 Å². The topological polar surface area (TPSA) is 166 Å². The summed E-state index contributed by atoms with van der Waals surface area (Å²) < 4.78 is 59.3. The zero-order valence-corrected chi connectivity index (χ0v) is 34.5. The van der Waals surface area contributed by atoms with Crippen LogP contribution in [0.5, 0.6) is 0 Å². The van der Waals surface area contributed by atoms with E-state index in [-0.39, 0.29) is 57.4 Å². The van der Waals surface area contributed by atoms with E-state index in [0.717, 1.165) is 64.2 Å². The Morgan fingerprint density at radius 2 is 0.982 bits per heavy atom. The van der Waals surface area contributed by atoms with Crippen molar-refractivity contribution >= 4 is 39.1 Å². The number of aliphatic carboxylic acids is 2. The number of carboxylic acid groups (broad SMARTS) is 2. The Morgan fingerprint density at radius 3 is 1.47 bits per heavy atom. The molecule has 0 aliphatic heterocycles. The van der Waals surface area contributed by atoms with Gasteiger partial charge in [-0.1, -0.05) is 86.3 Å². The summed E-state index contributed by atoms with van der Waals surface area (Å²) in [6, 6.07) is 0. The smallest absolute Gasteiger partial charge is 0.376 e. The number of esters is 3. The number of hydrogen-bond donors (Lipinski definition) is 3. The summed E-state index contributed by atoms with van der Waals surface area (Å²) in [5.74, 6) is -7.84. The van der Waals surface area contributed by atoms with Gasteiger partial charge in [0, 0.05) is 25.7 Å². The first-order valence-corrected chi connectivity index (χ1v) is 21.3. The molecule has 0 aromatic carbocycles. The lowest BCUT2D eigenvalue weighted by atomic mass is 10.0. The fraction of sp³-hybridized carbons (Fsp3) is 0.875. The van der Waals surface area contributed by atoms with Crippen LogP contribution in [0.2, 0.25) is 0 Å². The number of halogens is 3. The van der Waals surface area contributed by atoms with Crippen molar-refractivity contribution in [3.63, 3.8) is 0 Å². The predicted octanol–water partition coefficient (Wildman–Crippen LogP) is 9.47. The number of carbonyl (C=O) groups is 5. The minimum absolute atomic E-state index is 0.0134. The first-order valence-electron chi connectivity index (χ1n) is 20.7. The quantitative estimate of drug-likeness (QED) is 0.0234. The fourth-order valence-electron chi connectivity index (χ4n) is 6.03. The molecule has 55 heavy (non-hydrogen) atoms. The highest BCUT2D eigenvalue weighted by Crippen LogP contribution is 2.30. The monoisotopic (exact) mass is 813 g/mol. The molecular weight excluding hydrogens is 742 g/mol. The van der Waals surface area contributed by atoms with Crippen LogP contribution in [0.15, 0.2) is 0 Å². The van der Waals surface area contributed by atoms with Crippen LogP contribution < -0.4 is 5.32 Å². The number of unbranched alkanes of at least 4 members (excludes halogenated alkanes) is 16. The van der Waals surface area contributed by atoms with Crippen LogP contribution >= 0.6 is 9.24 Å². The van der Waals surface area contributed by atoms with Gasteiger partial charge in [-0.25, -0.2) is 14.0 Å². The number of nitrogens with one attached hydrogen (secondary N) is 1. The van der Waals surface area contributed by atoms with Crippen LogP contribution in [0, 0.1) is 0 Å². The van der Waals surface area contributed by atoms with E-state index >= 15 is 0 Å². The molecule has 0 heterocycles. The molecule has 3 N–H and O–H groups in total. The highest BCUT2D eigenvalue weighted by Gasteiger charge is 2.39. The molecule has 3 unspecified atom stereocenters. The largest absolute Gasteiger partial charge is 0.481 e. The predicted molar refractivity (Wildman–Crippen MR) is 209 cm³/mol. The SMILES string of the molecule is CNCCCC(=O)OC(CCCCCCC(F)(F)C(=O)OCCCCCCCCC(=O)O)CCCCCCC(F)(P)C(=O)OCCCCCCCCC(=O)O. The lowest BCUT2D eigenvalue weighted by molar-refractivity contribution is -0.173. The second-order valence-corrected chi connectivity index (χ2v) is 15.5. The van der Waals surface area contributed by atoms with E-state index < -0.39 is 41.6 Å². The third-order valence-corrected chi connectivity index (χ3v) is 9.89. The van der Waals surface area contributed by atoms with Gasteiger partial charge in [-0.15, -0.1) is 0 Å².